The van der Waals surface area contributed by atoms with Crippen LogP contribution in [-0.2, 0) is 6.42 Å². The predicted octanol–water partition coefficient (Wildman–Crippen LogP) is 2.67. The summed E-state index contributed by atoms with van der Waals surface area (Å²) >= 11 is 0. The molecule has 98 valence electrons. The van der Waals surface area contributed by atoms with Crippen molar-refractivity contribution in [2.45, 2.75) is 32.6 Å². The van der Waals surface area contributed by atoms with Gasteiger partial charge in [-0.05, 0) is 25.0 Å². The fourth-order valence-electron chi connectivity index (χ4n) is 1.83. The number of aliphatic hydroxyl groups is 1. The topological polar surface area (TPSA) is 58.1 Å². The lowest BCUT2D eigenvalue weighted by Crippen LogP contribution is -1.95. The molecule has 0 aliphatic carbocycles. The Kier molecular flexibility index (Phi) is 4.59. The second-order valence-electron chi connectivity index (χ2n) is 4.39. The molecule has 18 heavy (non-hydrogen) atoms. The molecule has 0 fully saturated rings. The number of nitrogens with one attached hydrogen (secondary N) is 1. The van der Waals surface area contributed by atoms with Crippen molar-refractivity contribution in [2.75, 3.05) is 13.2 Å². The first-order valence-electron chi connectivity index (χ1n) is 6.55. The second kappa shape index (κ2) is 6.40. The number of unbranched alkanes of at least 4 members (excludes halogenated alkanes) is 1. The Morgan fingerprint density at radius 2 is 2.22 bits per heavy atom. The SMILES string of the molecule is CCCCOc1ccc2nc(CCCO)[nH]c2c1. The standard InChI is InChI=1S/C14H20N2O2/c1-2-3-9-18-11-6-7-12-13(10-11)16-14(15-12)5-4-8-17/h6-7,10,17H,2-5,8-9H2,1H3,(H,15,16). The minimum Gasteiger partial charge on any atom is -0.494 e. The van der Waals surface area contributed by atoms with Gasteiger partial charge < -0.3 is 14.8 Å². The molecule has 0 radical (unpaired) electrons. The Hall–Kier alpha value is -1.55. The van der Waals surface area contributed by atoms with Gasteiger partial charge in [-0.1, -0.05) is 13.3 Å². The molecule has 0 aliphatic rings. The molecule has 0 bridgehead atoms. The van der Waals surface area contributed by atoms with Crippen molar-refractivity contribution in [3.63, 3.8) is 0 Å². The van der Waals surface area contributed by atoms with Crippen LogP contribution in [0.1, 0.15) is 32.0 Å². The molecule has 1 heterocycles. The average Bonchev–Trinajstić information content (AvgIpc) is 2.78. The third kappa shape index (κ3) is 3.23. The molecule has 2 aromatic rings. The average molecular weight is 248 g/mol. The smallest absolute Gasteiger partial charge is 0.121 e. The minimum atomic E-state index is 0.197. The second-order valence-corrected chi connectivity index (χ2v) is 4.39. The van der Waals surface area contributed by atoms with Gasteiger partial charge in [0.05, 0.1) is 17.6 Å². The summed E-state index contributed by atoms with van der Waals surface area (Å²) in [7, 11) is 0. The fraction of sp³-hybridized carbons (Fsp3) is 0.500. The molecule has 2 N–H and O–H groups in total. The molecule has 0 saturated carbocycles. The Labute approximate surface area is 107 Å². The van der Waals surface area contributed by atoms with Gasteiger partial charge in [0.1, 0.15) is 11.6 Å². The van der Waals surface area contributed by atoms with Gasteiger partial charge in [-0.3, -0.25) is 0 Å². The van der Waals surface area contributed by atoms with Crippen LogP contribution >= 0.6 is 0 Å². The van der Waals surface area contributed by atoms with Gasteiger partial charge in [-0.2, -0.15) is 0 Å². The van der Waals surface area contributed by atoms with Crippen LogP contribution in [0.4, 0.5) is 0 Å². The summed E-state index contributed by atoms with van der Waals surface area (Å²) in [4.78, 5) is 7.72. The van der Waals surface area contributed by atoms with Gasteiger partial charge in [0.15, 0.2) is 0 Å². The highest BCUT2D eigenvalue weighted by molar-refractivity contribution is 5.76. The van der Waals surface area contributed by atoms with E-state index in [0.29, 0.717) is 0 Å². The summed E-state index contributed by atoms with van der Waals surface area (Å²) in [6.45, 7) is 3.10. The lowest BCUT2D eigenvalue weighted by Gasteiger charge is -2.04. The number of rotatable bonds is 7. The number of fused-ring (bicyclic) bond motifs is 1. The van der Waals surface area contributed by atoms with Crippen molar-refractivity contribution in [2.24, 2.45) is 0 Å². The largest absolute Gasteiger partial charge is 0.494 e. The molecule has 0 spiro atoms. The quantitative estimate of drug-likeness (QED) is 0.741. The Morgan fingerprint density at radius 1 is 1.33 bits per heavy atom. The van der Waals surface area contributed by atoms with Crippen molar-refractivity contribution < 1.29 is 9.84 Å². The zero-order chi connectivity index (χ0) is 12.8. The van der Waals surface area contributed by atoms with E-state index < -0.39 is 0 Å². The van der Waals surface area contributed by atoms with E-state index in [-0.39, 0.29) is 6.61 Å². The maximum Gasteiger partial charge on any atom is 0.121 e. The number of aromatic amines is 1. The summed E-state index contributed by atoms with van der Waals surface area (Å²) < 4.78 is 5.66. The van der Waals surface area contributed by atoms with Crippen LogP contribution in [0.2, 0.25) is 0 Å². The highest BCUT2D eigenvalue weighted by atomic mass is 16.5. The first kappa shape index (κ1) is 12.9. The predicted molar refractivity (Wildman–Crippen MR) is 71.9 cm³/mol. The van der Waals surface area contributed by atoms with Crippen LogP contribution in [0.25, 0.3) is 11.0 Å². The van der Waals surface area contributed by atoms with E-state index >= 15 is 0 Å². The number of imidazole rings is 1. The number of H-pyrrole nitrogens is 1. The Balaban J connectivity index is 2.07. The number of aryl methyl sites for hydroxylation is 1. The molecule has 2 rings (SSSR count). The molecule has 0 aliphatic heterocycles. The molecule has 4 nitrogen and oxygen atoms in total. The highest BCUT2D eigenvalue weighted by Crippen LogP contribution is 2.19. The maximum absolute atomic E-state index is 8.81. The maximum atomic E-state index is 8.81. The van der Waals surface area contributed by atoms with E-state index in [9.17, 15) is 0 Å². The van der Waals surface area contributed by atoms with Crippen molar-refractivity contribution in [1.82, 2.24) is 9.97 Å². The van der Waals surface area contributed by atoms with Crippen molar-refractivity contribution >= 4 is 11.0 Å². The molecular formula is C14H20N2O2. The summed E-state index contributed by atoms with van der Waals surface area (Å²) in [6, 6.07) is 5.91. The third-order valence-electron chi connectivity index (χ3n) is 2.84. The summed E-state index contributed by atoms with van der Waals surface area (Å²) in [6.07, 6.45) is 3.72. The fourth-order valence-corrected chi connectivity index (χ4v) is 1.83. The highest BCUT2D eigenvalue weighted by Gasteiger charge is 2.04. The number of benzene rings is 1. The molecular weight excluding hydrogens is 228 g/mol. The van der Waals surface area contributed by atoms with Crippen LogP contribution in [0.3, 0.4) is 0 Å². The van der Waals surface area contributed by atoms with Crippen LogP contribution < -0.4 is 4.74 Å². The molecule has 0 amide bonds. The lowest BCUT2D eigenvalue weighted by molar-refractivity contribution is 0.287. The molecule has 0 atom stereocenters. The van der Waals surface area contributed by atoms with Crippen LogP contribution in [0.15, 0.2) is 18.2 Å². The third-order valence-corrected chi connectivity index (χ3v) is 2.84. The van der Waals surface area contributed by atoms with E-state index in [4.69, 9.17) is 9.84 Å². The Morgan fingerprint density at radius 3 is 3.00 bits per heavy atom. The van der Waals surface area contributed by atoms with E-state index in [0.717, 1.165) is 54.9 Å². The number of nitrogens with zero attached hydrogens (tertiary/aromatic N) is 1. The Bertz CT molecular complexity index is 493. The number of ether oxygens (including phenoxy) is 1. The molecule has 4 heteroatoms. The van der Waals surface area contributed by atoms with Crippen molar-refractivity contribution in [3.8, 4) is 5.75 Å². The number of hydrogen-bond acceptors (Lipinski definition) is 3. The molecule has 0 unspecified atom stereocenters. The first-order valence-corrected chi connectivity index (χ1v) is 6.55. The van der Waals surface area contributed by atoms with Crippen molar-refractivity contribution in [1.29, 1.82) is 0 Å². The molecule has 1 aromatic heterocycles. The zero-order valence-electron chi connectivity index (χ0n) is 10.8. The summed E-state index contributed by atoms with van der Waals surface area (Å²) in [5.41, 5.74) is 1.95. The van der Waals surface area contributed by atoms with E-state index in [1.54, 1.807) is 0 Å². The normalized spacial score (nSPS) is 11.0. The first-order chi connectivity index (χ1) is 8.83. The van der Waals surface area contributed by atoms with Crippen LogP contribution in [-0.4, -0.2) is 28.3 Å². The molecule has 0 saturated heterocycles. The zero-order valence-corrected chi connectivity index (χ0v) is 10.8. The van der Waals surface area contributed by atoms with E-state index in [1.165, 1.54) is 0 Å². The summed E-state index contributed by atoms with van der Waals surface area (Å²) in [5, 5.41) is 8.81. The molecule has 1 aromatic carbocycles. The van der Waals surface area contributed by atoms with Crippen LogP contribution in [0, 0.1) is 0 Å². The number of aromatic nitrogens is 2. The number of aliphatic hydroxyl groups excluding tert-OH is 1. The van der Waals surface area contributed by atoms with Gasteiger partial charge in [-0.15, -0.1) is 0 Å². The van der Waals surface area contributed by atoms with Gasteiger partial charge in [0.2, 0.25) is 0 Å². The minimum absolute atomic E-state index is 0.197. The number of hydrogen-bond donors (Lipinski definition) is 2. The van der Waals surface area contributed by atoms with Crippen molar-refractivity contribution in [3.05, 3.63) is 24.0 Å². The van der Waals surface area contributed by atoms with E-state index in [1.807, 2.05) is 18.2 Å². The van der Waals surface area contributed by atoms with Crippen LogP contribution in [0.5, 0.6) is 5.75 Å². The lowest BCUT2D eigenvalue weighted by atomic mass is 10.3. The van der Waals surface area contributed by atoms with E-state index in [2.05, 4.69) is 16.9 Å². The monoisotopic (exact) mass is 248 g/mol. The summed E-state index contributed by atoms with van der Waals surface area (Å²) in [5.74, 6) is 1.80. The van der Waals surface area contributed by atoms with Gasteiger partial charge in [-0.25, -0.2) is 4.98 Å². The van der Waals surface area contributed by atoms with Gasteiger partial charge in [0, 0.05) is 19.1 Å². The van der Waals surface area contributed by atoms with Gasteiger partial charge >= 0.3 is 0 Å². The van der Waals surface area contributed by atoms with Gasteiger partial charge in [0.25, 0.3) is 0 Å².